The molecule has 0 radical (unpaired) electrons. The topological polar surface area (TPSA) is 59.0 Å². The van der Waals surface area contributed by atoms with Crippen molar-refractivity contribution in [2.75, 3.05) is 6.54 Å². The van der Waals surface area contributed by atoms with Gasteiger partial charge in [-0.25, -0.2) is 0 Å². The van der Waals surface area contributed by atoms with E-state index >= 15 is 0 Å². The summed E-state index contributed by atoms with van der Waals surface area (Å²) in [5, 5.41) is 10.5. The van der Waals surface area contributed by atoms with E-state index in [1.165, 1.54) is 31.3 Å². The van der Waals surface area contributed by atoms with Gasteiger partial charge >= 0.3 is 0 Å². The highest BCUT2D eigenvalue weighted by Gasteiger charge is 2.15. The molecule has 1 aromatic heterocycles. The monoisotopic (exact) mass is 304 g/mol. The van der Waals surface area contributed by atoms with Crippen LogP contribution in [0.25, 0.3) is 0 Å². The van der Waals surface area contributed by atoms with Crippen molar-refractivity contribution in [3.05, 3.63) is 30.1 Å². The van der Waals surface area contributed by atoms with Gasteiger partial charge in [-0.15, -0.1) is 0 Å². The van der Waals surface area contributed by atoms with Crippen molar-refractivity contribution in [2.45, 2.75) is 64.6 Å². The fourth-order valence-corrected chi connectivity index (χ4v) is 2.88. The third kappa shape index (κ3) is 5.64. The summed E-state index contributed by atoms with van der Waals surface area (Å²) in [6.45, 7) is 5.48. The van der Waals surface area contributed by atoms with Crippen molar-refractivity contribution in [3.8, 4) is 0 Å². The zero-order chi connectivity index (χ0) is 15.8. The number of nitrogens with zero attached hydrogens (tertiary/aromatic N) is 2. The maximum atomic E-state index is 12.1. The van der Waals surface area contributed by atoms with Gasteiger partial charge in [0.15, 0.2) is 0 Å². The van der Waals surface area contributed by atoms with E-state index < -0.39 is 0 Å². The Hall–Kier alpha value is -1.62. The van der Waals surface area contributed by atoms with Crippen LogP contribution in [0.3, 0.4) is 0 Å². The van der Waals surface area contributed by atoms with Crippen LogP contribution in [0.15, 0.2) is 30.1 Å². The number of nitrogens with one attached hydrogen (secondary N) is 2. The number of carbonyl (C=O) groups excluding carboxylic acids is 1. The predicted molar refractivity (Wildman–Crippen MR) is 88.5 cm³/mol. The lowest BCUT2D eigenvalue weighted by Gasteiger charge is -2.20. The van der Waals surface area contributed by atoms with Crippen LogP contribution in [0.5, 0.6) is 0 Å². The number of amides is 1. The fourth-order valence-electron chi connectivity index (χ4n) is 2.88. The van der Waals surface area contributed by atoms with Gasteiger partial charge in [-0.2, -0.15) is 5.10 Å². The molecule has 0 spiro atoms. The Bertz CT molecular complexity index is 481. The van der Waals surface area contributed by atoms with Crippen LogP contribution in [0.2, 0.25) is 0 Å². The van der Waals surface area contributed by atoms with Gasteiger partial charge in [0.1, 0.15) is 0 Å². The minimum Gasteiger partial charge on any atom is -0.354 e. The molecular formula is C17H28N4O. The summed E-state index contributed by atoms with van der Waals surface area (Å²) in [5.41, 5.74) is 1.50. The summed E-state index contributed by atoms with van der Waals surface area (Å²) < 4.78 is 1.87. The molecular weight excluding hydrogens is 276 g/mol. The standard InChI is InChI=1S/C17H28N4O/c1-14(13-21-12-6-10-19-21)20-15(2)17(22)18-11-9-16-7-4-3-5-8-16/h6-7,10,12,14-15,20H,3-5,8-9,11,13H2,1-2H3,(H,18,22)/t14-,15+/m1/s1. The SMILES string of the molecule is C[C@H](Cn1cccn1)N[C@@H](C)C(=O)NCCC1=CCCCC1. The lowest BCUT2D eigenvalue weighted by molar-refractivity contribution is -0.122. The number of hydrogen-bond donors (Lipinski definition) is 2. The lowest BCUT2D eigenvalue weighted by atomic mass is 9.97. The molecule has 22 heavy (non-hydrogen) atoms. The van der Waals surface area contributed by atoms with Crippen LogP contribution in [0.1, 0.15) is 46.0 Å². The van der Waals surface area contributed by atoms with Crippen LogP contribution >= 0.6 is 0 Å². The van der Waals surface area contributed by atoms with Gasteiger partial charge in [0.2, 0.25) is 5.91 Å². The number of allylic oxidation sites excluding steroid dienone is 1. The minimum absolute atomic E-state index is 0.0729. The predicted octanol–water partition coefficient (Wildman–Crippen LogP) is 2.26. The molecule has 0 saturated heterocycles. The second-order valence-electron chi connectivity index (χ2n) is 6.17. The molecule has 0 unspecified atom stereocenters. The van der Waals surface area contributed by atoms with E-state index in [1.807, 2.05) is 23.9 Å². The summed E-state index contributed by atoms with van der Waals surface area (Å²) in [5.74, 6) is 0.0729. The Balaban J connectivity index is 1.64. The van der Waals surface area contributed by atoms with Gasteiger partial charge in [-0.05, 0) is 52.0 Å². The van der Waals surface area contributed by atoms with Gasteiger partial charge in [0.05, 0.1) is 12.6 Å². The van der Waals surface area contributed by atoms with Crippen LogP contribution in [0, 0.1) is 0 Å². The molecule has 0 aliphatic heterocycles. The minimum atomic E-state index is -0.189. The van der Waals surface area contributed by atoms with Gasteiger partial charge in [0.25, 0.3) is 0 Å². The van der Waals surface area contributed by atoms with E-state index in [4.69, 9.17) is 0 Å². The zero-order valence-corrected chi connectivity index (χ0v) is 13.7. The molecule has 5 nitrogen and oxygen atoms in total. The third-order valence-electron chi connectivity index (χ3n) is 4.08. The third-order valence-corrected chi connectivity index (χ3v) is 4.08. The van der Waals surface area contributed by atoms with Crippen molar-refractivity contribution in [1.82, 2.24) is 20.4 Å². The first-order chi connectivity index (χ1) is 10.6. The number of rotatable bonds is 8. The van der Waals surface area contributed by atoms with E-state index in [9.17, 15) is 4.79 Å². The van der Waals surface area contributed by atoms with Crippen molar-refractivity contribution in [3.63, 3.8) is 0 Å². The molecule has 2 rings (SSSR count). The maximum absolute atomic E-state index is 12.1. The Morgan fingerprint density at radius 1 is 1.41 bits per heavy atom. The normalized spacial score (nSPS) is 17.6. The molecule has 1 amide bonds. The first-order valence-corrected chi connectivity index (χ1v) is 8.34. The lowest BCUT2D eigenvalue weighted by Crippen LogP contribution is -2.47. The Morgan fingerprint density at radius 2 is 2.27 bits per heavy atom. The first-order valence-electron chi connectivity index (χ1n) is 8.34. The highest BCUT2D eigenvalue weighted by Crippen LogP contribution is 2.19. The summed E-state index contributed by atoms with van der Waals surface area (Å²) in [6.07, 6.45) is 12.0. The summed E-state index contributed by atoms with van der Waals surface area (Å²) in [7, 11) is 0. The van der Waals surface area contributed by atoms with Gasteiger partial charge in [-0.3, -0.25) is 9.48 Å². The van der Waals surface area contributed by atoms with Crippen LogP contribution in [-0.2, 0) is 11.3 Å². The number of carbonyl (C=O) groups is 1. The van der Waals surface area contributed by atoms with Gasteiger partial charge in [-0.1, -0.05) is 11.6 Å². The molecule has 1 aliphatic carbocycles. The highest BCUT2D eigenvalue weighted by atomic mass is 16.2. The van der Waals surface area contributed by atoms with Crippen LogP contribution < -0.4 is 10.6 Å². The molecule has 122 valence electrons. The second kappa shape index (κ2) is 8.73. The van der Waals surface area contributed by atoms with Crippen molar-refractivity contribution < 1.29 is 4.79 Å². The molecule has 2 N–H and O–H groups in total. The van der Waals surface area contributed by atoms with E-state index in [-0.39, 0.29) is 18.0 Å². The summed E-state index contributed by atoms with van der Waals surface area (Å²) in [4.78, 5) is 12.1. The molecule has 0 fully saturated rings. The molecule has 0 bridgehead atoms. The average molecular weight is 304 g/mol. The fraction of sp³-hybridized carbons (Fsp3) is 0.647. The van der Waals surface area contributed by atoms with E-state index in [2.05, 4.69) is 28.7 Å². The van der Waals surface area contributed by atoms with E-state index in [1.54, 1.807) is 6.20 Å². The molecule has 1 heterocycles. The van der Waals surface area contributed by atoms with Gasteiger partial charge in [0, 0.05) is 25.0 Å². The van der Waals surface area contributed by atoms with Crippen molar-refractivity contribution in [2.24, 2.45) is 0 Å². The zero-order valence-electron chi connectivity index (χ0n) is 13.7. The highest BCUT2D eigenvalue weighted by molar-refractivity contribution is 5.81. The summed E-state index contributed by atoms with van der Waals surface area (Å²) >= 11 is 0. The van der Waals surface area contributed by atoms with Crippen LogP contribution in [0.4, 0.5) is 0 Å². The molecule has 2 atom stereocenters. The number of hydrogen-bond acceptors (Lipinski definition) is 3. The van der Waals surface area contributed by atoms with Crippen LogP contribution in [-0.4, -0.2) is 34.3 Å². The molecule has 0 saturated carbocycles. The number of aromatic nitrogens is 2. The maximum Gasteiger partial charge on any atom is 0.236 e. The largest absolute Gasteiger partial charge is 0.354 e. The van der Waals surface area contributed by atoms with E-state index in [0.29, 0.717) is 0 Å². The Morgan fingerprint density at radius 3 is 2.95 bits per heavy atom. The molecule has 0 aromatic carbocycles. The second-order valence-corrected chi connectivity index (χ2v) is 6.17. The summed E-state index contributed by atoms with van der Waals surface area (Å²) in [6, 6.07) is 1.91. The van der Waals surface area contributed by atoms with Crippen molar-refractivity contribution in [1.29, 1.82) is 0 Å². The van der Waals surface area contributed by atoms with E-state index in [0.717, 1.165) is 19.5 Å². The quantitative estimate of drug-likeness (QED) is 0.724. The Kier molecular flexibility index (Phi) is 6.65. The first kappa shape index (κ1) is 16.7. The average Bonchev–Trinajstić information content (AvgIpc) is 3.00. The molecule has 5 heteroatoms. The van der Waals surface area contributed by atoms with Crippen molar-refractivity contribution >= 4 is 5.91 Å². The smallest absolute Gasteiger partial charge is 0.236 e. The molecule has 1 aliphatic rings. The Labute approximate surface area is 133 Å². The molecule has 1 aromatic rings. The van der Waals surface area contributed by atoms with Gasteiger partial charge < -0.3 is 10.6 Å².